The Labute approximate surface area is 167 Å². The van der Waals surface area contributed by atoms with Gasteiger partial charge in [0.1, 0.15) is 16.5 Å². The van der Waals surface area contributed by atoms with Gasteiger partial charge in [-0.05, 0) is 37.0 Å². The van der Waals surface area contributed by atoms with Crippen LogP contribution in [0.25, 0.3) is 4.91 Å². The van der Waals surface area contributed by atoms with Crippen molar-refractivity contribution in [1.29, 1.82) is 0 Å². The molecule has 1 heterocycles. The van der Waals surface area contributed by atoms with E-state index in [2.05, 4.69) is 23.6 Å². The molecule has 2 aromatic rings. The fourth-order valence-electron chi connectivity index (χ4n) is 3.20. The summed E-state index contributed by atoms with van der Waals surface area (Å²) in [5.74, 6) is 1.54. The normalized spacial score (nSPS) is 17.2. The van der Waals surface area contributed by atoms with Crippen molar-refractivity contribution in [2.45, 2.75) is 40.2 Å². The molecule has 2 aromatic carbocycles. The molecule has 0 amide bonds. The third-order valence-electron chi connectivity index (χ3n) is 4.72. The molecule has 0 atom stereocenters. The minimum atomic E-state index is -3.63. The van der Waals surface area contributed by atoms with Crippen LogP contribution in [-0.2, 0) is 16.6 Å². The lowest BCUT2D eigenvalue weighted by molar-refractivity contribution is 0.336. The van der Waals surface area contributed by atoms with Gasteiger partial charge in [0, 0.05) is 11.1 Å². The Bertz CT molecular complexity index is 1020. The van der Waals surface area contributed by atoms with E-state index in [1.807, 2.05) is 55.5 Å². The number of sulfonamides is 1. The topological polar surface area (TPSA) is 67.8 Å². The highest BCUT2D eigenvalue weighted by molar-refractivity contribution is 8.00. The van der Waals surface area contributed by atoms with Crippen LogP contribution in [0.2, 0.25) is 0 Å². The first kappa shape index (κ1) is 20.1. The Kier molecular flexibility index (Phi) is 5.89. The van der Waals surface area contributed by atoms with Crippen LogP contribution in [0.4, 0.5) is 0 Å². The molecule has 28 heavy (non-hydrogen) atoms. The van der Waals surface area contributed by atoms with Gasteiger partial charge >= 0.3 is 0 Å². The maximum absolute atomic E-state index is 12.7. The maximum Gasteiger partial charge on any atom is 0.264 e. The number of nitrogens with one attached hydrogen (secondary N) is 1. The van der Waals surface area contributed by atoms with Crippen LogP contribution in [0.15, 0.2) is 59.1 Å². The molecular weight excluding hydrogens is 372 g/mol. The van der Waals surface area contributed by atoms with Crippen LogP contribution in [0.1, 0.15) is 50.3 Å². The van der Waals surface area contributed by atoms with Gasteiger partial charge in [-0.1, -0.05) is 56.3 Å². The largest absolute Gasteiger partial charge is 0.494 e. The number of para-hydroxylation sites is 1. The van der Waals surface area contributed by atoms with E-state index < -0.39 is 10.0 Å². The van der Waals surface area contributed by atoms with Crippen LogP contribution < -0.4 is 9.46 Å². The first-order valence-electron chi connectivity index (χ1n) is 9.43. The number of ether oxygens (including phenoxy) is 1. The number of aliphatic imine (C=N–C) groups is 1. The Morgan fingerprint density at radius 3 is 2.39 bits per heavy atom. The molecule has 5 nitrogen and oxygen atoms in total. The summed E-state index contributed by atoms with van der Waals surface area (Å²) in [4.78, 5) is 4.81. The average molecular weight is 399 g/mol. The molecule has 0 saturated heterocycles. The lowest BCUT2D eigenvalue weighted by atomic mass is 10.0. The summed E-state index contributed by atoms with van der Waals surface area (Å²) in [7, 11) is -3.63. The first-order valence-corrected chi connectivity index (χ1v) is 10.9. The van der Waals surface area contributed by atoms with E-state index in [1.165, 1.54) is 5.56 Å². The summed E-state index contributed by atoms with van der Waals surface area (Å²) in [5.41, 5.74) is 3.39. The molecule has 1 aliphatic rings. The number of nitrogens with zero attached hydrogens (tertiary/aromatic N) is 1. The highest BCUT2D eigenvalue weighted by Gasteiger charge is 2.32. The quantitative estimate of drug-likeness (QED) is 0.780. The molecule has 0 aliphatic carbocycles. The monoisotopic (exact) mass is 398 g/mol. The molecule has 1 N–H and O–H groups in total. The van der Waals surface area contributed by atoms with Gasteiger partial charge in [-0.3, -0.25) is 9.71 Å². The van der Waals surface area contributed by atoms with Gasteiger partial charge in [-0.2, -0.15) is 0 Å². The molecule has 0 saturated carbocycles. The van der Waals surface area contributed by atoms with Crippen molar-refractivity contribution in [2.75, 3.05) is 6.61 Å². The molecule has 6 heteroatoms. The first-order chi connectivity index (χ1) is 13.3. The van der Waals surface area contributed by atoms with Gasteiger partial charge in [0.05, 0.1) is 13.2 Å². The molecule has 0 aromatic heterocycles. The maximum atomic E-state index is 12.7. The zero-order valence-corrected chi connectivity index (χ0v) is 17.5. The minimum absolute atomic E-state index is 0.291. The number of benzene rings is 2. The van der Waals surface area contributed by atoms with E-state index in [9.17, 15) is 8.42 Å². The number of hydrogen-bond donors (Lipinski definition) is 1. The molecule has 148 valence electrons. The van der Waals surface area contributed by atoms with E-state index >= 15 is 0 Å². The molecule has 3 rings (SSSR count). The number of rotatable bonds is 6. The predicted octanol–water partition coefficient (Wildman–Crippen LogP) is 4.47. The Morgan fingerprint density at radius 1 is 1.07 bits per heavy atom. The Morgan fingerprint density at radius 2 is 1.75 bits per heavy atom. The molecule has 0 bridgehead atoms. The van der Waals surface area contributed by atoms with E-state index in [-0.39, 0.29) is 0 Å². The van der Waals surface area contributed by atoms with Gasteiger partial charge in [-0.25, -0.2) is 8.42 Å². The summed E-state index contributed by atoms with van der Waals surface area (Å²) in [6.07, 6.45) is 0. The molecule has 1 aliphatic heterocycles. The van der Waals surface area contributed by atoms with Crippen molar-refractivity contribution in [3.05, 3.63) is 70.8 Å². The van der Waals surface area contributed by atoms with Crippen molar-refractivity contribution in [3.8, 4) is 5.75 Å². The standard InChI is InChI=1S/C22H26N2O3S/c1-5-27-20-9-7-6-8-19(20)14-23-22-16(4)21(28(25,26)24-22)18-12-10-17(11-13-18)15(2)3/h6-13,15H,5,14H2,1-4H3,(H,23,24). The zero-order valence-electron chi connectivity index (χ0n) is 16.7. The van der Waals surface area contributed by atoms with Crippen LogP contribution in [-0.4, -0.2) is 20.9 Å². The Hall–Kier alpha value is -2.60. The average Bonchev–Trinajstić information content (AvgIpc) is 2.89. The molecular formula is C22H26N2O3S. The lowest BCUT2D eigenvalue weighted by Gasteiger charge is -2.08. The van der Waals surface area contributed by atoms with Crippen molar-refractivity contribution in [3.63, 3.8) is 0 Å². The fraction of sp³-hybridized carbons (Fsp3) is 0.318. The zero-order chi connectivity index (χ0) is 20.3. The number of amidine groups is 1. The van der Waals surface area contributed by atoms with Gasteiger partial charge in [-0.15, -0.1) is 0 Å². The van der Waals surface area contributed by atoms with Gasteiger partial charge in [0.2, 0.25) is 0 Å². The van der Waals surface area contributed by atoms with Crippen LogP contribution in [0.5, 0.6) is 5.75 Å². The minimum Gasteiger partial charge on any atom is -0.494 e. The van der Waals surface area contributed by atoms with E-state index in [1.54, 1.807) is 6.92 Å². The van der Waals surface area contributed by atoms with Crippen molar-refractivity contribution >= 4 is 20.8 Å². The third kappa shape index (κ3) is 4.12. The molecule has 0 radical (unpaired) electrons. The van der Waals surface area contributed by atoms with Crippen LogP contribution in [0, 0.1) is 0 Å². The second-order valence-corrected chi connectivity index (χ2v) is 8.66. The molecule has 0 unspecified atom stereocenters. The summed E-state index contributed by atoms with van der Waals surface area (Å²) in [6.45, 7) is 8.84. The van der Waals surface area contributed by atoms with Crippen molar-refractivity contribution in [2.24, 2.45) is 4.99 Å². The van der Waals surface area contributed by atoms with Gasteiger partial charge in [0.15, 0.2) is 0 Å². The van der Waals surface area contributed by atoms with E-state index in [0.29, 0.717) is 40.9 Å². The third-order valence-corrected chi connectivity index (χ3v) is 6.26. The van der Waals surface area contributed by atoms with Gasteiger partial charge < -0.3 is 4.74 Å². The van der Waals surface area contributed by atoms with Crippen LogP contribution in [0.3, 0.4) is 0 Å². The SMILES string of the molecule is CCOc1ccccc1CN=C1NS(=O)(=O)C(c2ccc(C(C)C)cc2)=C1C. The number of hydrogen-bond acceptors (Lipinski definition) is 4. The summed E-state index contributed by atoms with van der Waals surface area (Å²) >= 11 is 0. The van der Waals surface area contributed by atoms with Crippen molar-refractivity contribution < 1.29 is 13.2 Å². The fourth-order valence-corrected chi connectivity index (χ4v) is 4.72. The van der Waals surface area contributed by atoms with Gasteiger partial charge in [0.25, 0.3) is 10.0 Å². The lowest BCUT2D eigenvalue weighted by Crippen LogP contribution is -2.23. The molecule has 0 spiro atoms. The highest BCUT2D eigenvalue weighted by atomic mass is 32.2. The summed E-state index contributed by atoms with van der Waals surface area (Å²) in [6, 6.07) is 15.3. The second-order valence-electron chi connectivity index (χ2n) is 7.04. The van der Waals surface area contributed by atoms with E-state index in [4.69, 9.17) is 4.74 Å². The molecule has 0 fully saturated rings. The Balaban J connectivity index is 1.93. The summed E-state index contributed by atoms with van der Waals surface area (Å²) in [5, 5.41) is 0. The second kappa shape index (κ2) is 8.19. The highest BCUT2D eigenvalue weighted by Crippen LogP contribution is 2.31. The predicted molar refractivity (Wildman–Crippen MR) is 114 cm³/mol. The smallest absolute Gasteiger partial charge is 0.264 e. The van der Waals surface area contributed by atoms with Crippen LogP contribution >= 0.6 is 0 Å². The van der Waals surface area contributed by atoms with Crippen molar-refractivity contribution in [1.82, 2.24) is 4.72 Å². The van der Waals surface area contributed by atoms with E-state index in [0.717, 1.165) is 11.3 Å². The summed E-state index contributed by atoms with van der Waals surface area (Å²) < 4.78 is 33.6.